The van der Waals surface area contributed by atoms with E-state index in [1.54, 1.807) is 0 Å². The van der Waals surface area contributed by atoms with Gasteiger partial charge in [0.05, 0.1) is 0 Å². The van der Waals surface area contributed by atoms with Crippen LogP contribution in [0.5, 0.6) is 5.75 Å². The first-order chi connectivity index (χ1) is 9.25. The molecule has 1 aliphatic rings. The lowest BCUT2D eigenvalue weighted by Gasteiger charge is -2.15. The van der Waals surface area contributed by atoms with Crippen LogP contribution < -0.4 is 10.5 Å². The molecule has 0 saturated heterocycles. The summed E-state index contributed by atoms with van der Waals surface area (Å²) in [5, 5.41) is 8.44. The van der Waals surface area contributed by atoms with Crippen LogP contribution in [0.1, 0.15) is 30.1 Å². The fourth-order valence-electron chi connectivity index (χ4n) is 2.41. The summed E-state index contributed by atoms with van der Waals surface area (Å²) in [6, 6.07) is 5.71. The molecular weight excluding hydrogens is 240 g/mol. The minimum Gasteiger partial charge on any atom is -0.485 e. The Kier molecular flexibility index (Phi) is 3.11. The molecule has 2 heterocycles. The van der Waals surface area contributed by atoms with E-state index in [0.717, 1.165) is 41.6 Å². The molecule has 1 aromatic carbocycles. The van der Waals surface area contributed by atoms with Crippen molar-refractivity contribution >= 4 is 5.69 Å². The van der Waals surface area contributed by atoms with E-state index in [0.29, 0.717) is 6.61 Å². The van der Waals surface area contributed by atoms with Gasteiger partial charge >= 0.3 is 0 Å². The van der Waals surface area contributed by atoms with Gasteiger partial charge in [0.1, 0.15) is 18.2 Å². The molecule has 100 valence electrons. The van der Waals surface area contributed by atoms with Crippen LogP contribution in [0.3, 0.4) is 0 Å². The van der Waals surface area contributed by atoms with Crippen molar-refractivity contribution in [1.29, 1.82) is 0 Å². The van der Waals surface area contributed by atoms with Gasteiger partial charge in [-0.3, -0.25) is 0 Å². The monoisotopic (exact) mass is 258 g/mol. The van der Waals surface area contributed by atoms with Crippen molar-refractivity contribution in [3.8, 4) is 5.75 Å². The van der Waals surface area contributed by atoms with Crippen LogP contribution in [-0.4, -0.2) is 14.8 Å². The second kappa shape index (κ2) is 4.91. The van der Waals surface area contributed by atoms with Crippen LogP contribution in [-0.2, 0) is 19.6 Å². The van der Waals surface area contributed by atoms with Crippen LogP contribution in [0.2, 0.25) is 0 Å². The van der Waals surface area contributed by atoms with E-state index in [1.165, 1.54) is 12.8 Å². The average Bonchev–Trinajstić information content (AvgIpc) is 2.84. The number of aryl methyl sites for hydroxylation is 1. The first-order valence-electron chi connectivity index (χ1n) is 6.64. The molecule has 1 aromatic heterocycles. The van der Waals surface area contributed by atoms with Crippen molar-refractivity contribution in [3.05, 3.63) is 35.4 Å². The lowest BCUT2D eigenvalue weighted by atomic mass is 10.2. The molecule has 0 fully saturated rings. The highest BCUT2D eigenvalue weighted by Gasteiger charge is 2.16. The molecule has 2 aromatic rings. The van der Waals surface area contributed by atoms with E-state index in [4.69, 9.17) is 10.5 Å². The smallest absolute Gasteiger partial charge is 0.171 e. The van der Waals surface area contributed by atoms with Gasteiger partial charge in [0.25, 0.3) is 0 Å². The molecule has 1 aliphatic heterocycles. The second-order valence-electron chi connectivity index (χ2n) is 4.90. The molecule has 0 amide bonds. The molecule has 5 nitrogen and oxygen atoms in total. The van der Waals surface area contributed by atoms with Gasteiger partial charge in [0, 0.05) is 24.2 Å². The zero-order chi connectivity index (χ0) is 13.2. The SMILES string of the molecule is Cc1c(N)cccc1OCc1nnc2n1CCCC2. The Bertz CT molecular complexity index is 591. The van der Waals surface area contributed by atoms with Crippen molar-refractivity contribution < 1.29 is 4.74 Å². The zero-order valence-electron chi connectivity index (χ0n) is 11.1. The number of fused-ring (bicyclic) bond motifs is 1. The highest BCUT2D eigenvalue weighted by molar-refractivity contribution is 5.53. The van der Waals surface area contributed by atoms with Gasteiger partial charge in [-0.15, -0.1) is 10.2 Å². The molecule has 0 aliphatic carbocycles. The van der Waals surface area contributed by atoms with Crippen LogP contribution >= 0.6 is 0 Å². The molecule has 5 heteroatoms. The molecule has 0 radical (unpaired) electrons. The summed E-state index contributed by atoms with van der Waals surface area (Å²) in [6.45, 7) is 3.40. The summed E-state index contributed by atoms with van der Waals surface area (Å²) in [5.74, 6) is 2.79. The second-order valence-corrected chi connectivity index (χ2v) is 4.90. The quantitative estimate of drug-likeness (QED) is 0.856. The largest absolute Gasteiger partial charge is 0.485 e. The summed E-state index contributed by atoms with van der Waals surface area (Å²) in [4.78, 5) is 0. The Morgan fingerprint density at radius 2 is 2.21 bits per heavy atom. The highest BCUT2D eigenvalue weighted by atomic mass is 16.5. The predicted molar refractivity (Wildman–Crippen MR) is 72.9 cm³/mol. The summed E-state index contributed by atoms with van der Waals surface area (Å²) >= 11 is 0. The number of nitrogens with zero attached hydrogens (tertiary/aromatic N) is 3. The maximum Gasteiger partial charge on any atom is 0.171 e. The molecule has 19 heavy (non-hydrogen) atoms. The summed E-state index contributed by atoms with van der Waals surface area (Å²) in [6.07, 6.45) is 3.41. The Balaban J connectivity index is 1.76. The lowest BCUT2D eigenvalue weighted by molar-refractivity contribution is 0.284. The summed E-state index contributed by atoms with van der Waals surface area (Å²) < 4.78 is 8.00. The molecule has 0 spiro atoms. The number of anilines is 1. The number of ether oxygens (including phenoxy) is 1. The van der Waals surface area contributed by atoms with Crippen molar-refractivity contribution in [3.63, 3.8) is 0 Å². The van der Waals surface area contributed by atoms with Crippen molar-refractivity contribution in [2.75, 3.05) is 5.73 Å². The average molecular weight is 258 g/mol. The summed E-state index contributed by atoms with van der Waals surface area (Å²) in [5.41, 5.74) is 7.59. The normalized spacial score (nSPS) is 14.2. The first kappa shape index (κ1) is 12.0. The van der Waals surface area contributed by atoms with E-state index in [1.807, 2.05) is 25.1 Å². The highest BCUT2D eigenvalue weighted by Crippen LogP contribution is 2.24. The maximum absolute atomic E-state index is 5.87. The minimum absolute atomic E-state index is 0.442. The number of benzene rings is 1. The van der Waals surface area contributed by atoms with Gasteiger partial charge in [0.2, 0.25) is 0 Å². The third kappa shape index (κ3) is 2.28. The van der Waals surface area contributed by atoms with E-state index in [2.05, 4.69) is 14.8 Å². The number of hydrogen-bond acceptors (Lipinski definition) is 4. The molecule has 2 N–H and O–H groups in total. The number of nitrogens with two attached hydrogens (primary N) is 1. The molecule has 0 unspecified atom stereocenters. The van der Waals surface area contributed by atoms with Gasteiger partial charge in [-0.2, -0.15) is 0 Å². The van der Waals surface area contributed by atoms with Crippen LogP contribution in [0.15, 0.2) is 18.2 Å². The Morgan fingerprint density at radius 1 is 1.32 bits per heavy atom. The number of aromatic nitrogens is 3. The van der Waals surface area contributed by atoms with Gasteiger partial charge in [-0.25, -0.2) is 0 Å². The molecule has 0 atom stereocenters. The van der Waals surface area contributed by atoms with Gasteiger partial charge in [-0.1, -0.05) is 6.07 Å². The molecule has 3 rings (SSSR count). The third-order valence-corrected chi connectivity index (χ3v) is 3.62. The molecule has 0 bridgehead atoms. The topological polar surface area (TPSA) is 66.0 Å². The fraction of sp³-hybridized carbons (Fsp3) is 0.429. The van der Waals surface area contributed by atoms with Crippen molar-refractivity contribution in [2.45, 2.75) is 39.3 Å². The van der Waals surface area contributed by atoms with Gasteiger partial charge in [0.15, 0.2) is 5.82 Å². The van der Waals surface area contributed by atoms with E-state index < -0.39 is 0 Å². The van der Waals surface area contributed by atoms with Crippen LogP contribution in [0.25, 0.3) is 0 Å². The van der Waals surface area contributed by atoms with Gasteiger partial charge in [-0.05, 0) is 31.9 Å². The Morgan fingerprint density at radius 3 is 3.11 bits per heavy atom. The maximum atomic E-state index is 5.87. The van der Waals surface area contributed by atoms with Crippen molar-refractivity contribution in [1.82, 2.24) is 14.8 Å². The molecule has 0 saturated carbocycles. The Hall–Kier alpha value is -2.04. The fourth-order valence-corrected chi connectivity index (χ4v) is 2.41. The van der Waals surface area contributed by atoms with E-state index >= 15 is 0 Å². The summed E-state index contributed by atoms with van der Waals surface area (Å²) in [7, 11) is 0. The third-order valence-electron chi connectivity index (χ3n) is 3.62. The predicted octanol–water partition coefficient (Wildman–Crippen LogP) is 2.08. The van der Waals surface area contributed by atoms with E-state index in [-0.39, 0.29) is 0 Å². The first-order valence-corrected chi connectivity index (χ1v) is 6.64. The van der Waals surface area contributed by atoms with Crippen LogP contribution in [0.4, 0.5) is 5.69 Å². The van der Waals surface area contributed by atoms with Crippen LogP contribution in [0, 0.1) is 6.92 Å². The lowest BCUT2D eigenvalue weighted by Crippen LogP contribution is -2.14. The number of hydrogen-bond donors (Lipinski definition) is 1. The van der Waals surface area contributed by atoms with Crippen molar-refractivity contribution in [2.24, 2.45) is 0 Å². The number of rotatable bonds is 3. The Labute approximate surface area is 112 Å². The zero-order valence-corrected chi connectivity index (χ0v) is 11.1. The number of nitrogen functional groups attached to an aromatic ring is 1. The van der Waals surface area contributed by atoms with E-state index in [9.17, 15) is 0 Å². The molecular formula is C14H18N4O. The minimum atomic E-state index is 0.442. The van der Waals surface area contributed by atoms with Gasteiger partial charge < -0.3 is 15.0 Å². The standard InChI is InChI=1S/C14H18N4O/c1-10-11(15)5-4-6-12(10)19-9-14-17-16-13-7-2-3-8-18(13)14/h4-6H,2-3,7-9,15H2,1H3.